The van der Waals surface area contributed by atoms with Crippen molar-refractivity contribution in [1.82, 2.24) is 9.21 Å². The minimum absolute atomic E-state index is 0.0578. The molecule has 3 aliphatic rings. The van der Waals surface area contributed by atoms with Gasteiger partial charge in [-0.25, -0.2) is 21.5 Å². The molecule has 1 aromatic rings. The van der Waals surface area contributed by atoms with Gasteiger partial charge in [-0.1, -0.05) is 0 Å². The molecular formula is C18H25F2N3O3S. The number of rotatable bonds is 3. The zero-order valence-corrected chi connectivity index (χ0v) is 16.0. The molecule has 0 aliphatic carbocycles. The summed E-state index contributed by atoms with van der Waals surface area (Å²) in [6.07, 6.45) is 2.12. The predicted octanol–water partition coefficient (Wildman–Crippen LogP) is 1.09. The fourth-order valence-corrected chi connectivity index (χ4v) is 5.69. The summed E-state index contributed by atoms with van der Waals surface area (Å²) < 4.78 is 58.7. The van der Waals surface area contributed by atoms with Crippen LogP contribution in [0.4, 0.5) is 8.78 Å². The largest absolute Gasteiger partial charge is 0.370 e. The summed E-state index contributed by atoms with van der Waals surface area (Å²) in [6, 6.07) is 3.09. The fourth-order valence-electron chi connectivity index (χ4n) is 4.81. The fraction of sp³-hybridized carbons (Fsp3) is 0.667. The number of benzene rings is 1. The van der Waals surface area contributed by atoms with Gasteiger partial charge in [0.15, 0.2) is 0 Å². The van der Waals surface area contributed by atoms with Gasteiger partial charge in [0.2, 0.25) is 10.0 Å². The number of hydrogen-bond acceptors (Lipinski definition) is 5. The molecule has 4 rings (SSSR count). The topological polar surface area (TPSA) is 75.9 Å². The first kappa shape index (κ1) is 19.2. The Bertz CT molecular complexity index is 822. The highest BCUT2D eigenvalue weighted by Gasteiger charge is 2.47. The standard InChI is InChI=1S/C18H25F2N3O3S/c1-27(24,25)22-8-11-4-5-23(17(11)9-22)13-7-16(21)18(26-10-13)14-6-12(19)2-3-15(14)20/h2-3,6,11,13,16-18H,4-5,7-10,21H2,1H3. The van der Waals surface area contributed by atoms with Crippen LogP contribution in [0.25, 0.3) is 0 Å². The van der Waals surface area contributed by atoms with Crippen molar-refractivity contribution in [2.24, 2.45) is 11.7 Å². The van der Waals surface area contributed by atoms with Crippen molar-refractivity contribution in [3.63, 3.8) is 0 Å². The van der Waals surface area contributed by atoms with Gasteiger partial charge in [0, 0.05) is 36.8 Å². The van der Waals surface area contributed by atoms with Gasteiger partial charge in [-0.15, -0.1) is 0 Å². The highest BCUT2D eigenvalue weighted by atomic mass is 32.2. The average Bonchev–Trinajstić information content (AvgIpc) is 3.17. The first-order chi connectivity index (χ1) is 12.7. The van der Waals surface area contributed by atoms with Crippen LogP contribution < -0.4 is 5.73 Å². The van der Waals surface area contributed by atoms with Crippen molar-refractivity contribution in [3.05, 3.63) is 35.4 Å². The normalized spacial score (nSPS) is 35.5. The van der Waals surface area contributed by atoms with Crippen molar-refractivity contribution in [1.29, 1.82) is 0 Å². The average molecular weight is 401 g/mol. The summed E-state index contributed by atoms with van der Waals surface area (Å²) >= 11 is 0. The number of fused-ring (bicyclic) bond motifs is 1. The lowest BCUT2D eigenvalue weighted by molar-refractivity contribution is -0.0547. The van der Waals surface area contributed by atoms with Crippen LogP contribution in [0.15, 0.2) is 18.2 Å². The smallest absolute Gasteiger partial charge is 0.211 e. The molecule has 5 unspecified atom stereocenters. The van der Waals surface area contributed by atoms with E-state index in [1.165, 1.54) is 6.26 Å². The van der Waals surface area contributed by atoms with Crippen molar-refractivity contribution < 1.29 is 21.9 Å². The first-order valence-corrected chi connectivity index (χ1v) is 11.1. The molecule has 0 aromatic heterocycles. The Morgan fingerprint density at radius 2 is 2.04 bits per heavy atom. The number of sulfonamides is 1. The second kappa shape index (κ2) is 7.04. The van der Waals surface area contributed by atoms with E-state index in [2.05, 4.69) is 4.90 Å². The van der Waals surface area contributed by atoms with E-state index in [9.17, 15) is 17.2 Å². The number of nitrogens with two attached hydrogens (primary N) is 1. The van der Waals surface area contributed by atoms with Crippen LogP contribution >= 0.6 is 0 Å². The molecule has 27 heavy (non-hydrogen) atoms. The molecule has 3 heterocycles. The van der Waals surface area contributed by atoms with Crippen LogP contribution in [0, 0.1) is 17.6 Å². The zero-order chi connectivity index (χ0) is 19.3. The van der Waals surface area contributed by atoms with E-state index in [0.29, 0.717) is 32.0 Å². The summed E-state index contributed by atoms with van der Waals surface area (Å²) in [5.74, 6) is -0.705. The molecule has 5 atom stereocenters. The quantitative estimate of drug-likeness (QED) is 0.821. The minimum atomic E-state index is -3.19. The lowest BCUT2D eigenvalue weighted by atomic mass is 9.92. The Hall–Kier alpha value is -1.13. The van der Waals surface area contributed by atoms with Crippen LogP contribution in [0.2, 0.25) is 0 Å². The van der Waals surface area contributed by atoms with Crippen molar-refractivity contribution in [3.8, 4) is 0 Å². The summed E-state index contributed by atoms with van der Waals surface area (Å²) in [5, 5.41) is 0. The maximum atomic E-state index is 14.1. The van der Waals surface area contributed by atoms with E-state index in [0.717, 1.165) is 31.2 Å². The molecule has 9 heteroatoms. The van der Waals surface area contributed by atoms with Crippen LogP contribution in [-0.4, -0.2) is 68.2 Å². The number of nitrogens with zero attached hydrogens (tertiary/aromatic N) is 2. The van der Waals surface area contributed by atoms with Crippen LogP contribution in [-0.2, 0) is 14.8 Å². The van der Waals surface area contributed by atoms with E-state index >= 15 is 0 Å². The van der Waals surface area contributed by atoms with Gasteiger partial charge < -0.3 is 10.5 Å². The summed E-state index contributed by atoms with van der Waals surface area (Å²) in [6.45, 7) is 2.32. The van der Waals surface area contributed by atoms with E-state index in [1.807, 2.05) is 0 Å². The van der Waals surface area contributed by atoms with Crippen LogP contribution in [0.3, 0.4) is 0 Å². The first-order valence-electron chi connectivity index (χ1n) is 9.27. The van der Waals surface area contributed by atoms with Gasteiger partial charge in [-0.05, 0) is 43.5 Å². The van der Waals surface area contributed by atoms with Crippen molar-refractivity contribution in [2.75, 3.05) is 32.5 Å². The van der Waals surface area contributed by atoms with E-state index < -0.39 is 33.8 Å². The number of likely N-dealkylation sites (tertiary alicyclic amines) is 1. The predicted molar refractivity (Wildman–Crippen MR) is 96.4 cm³/mol. The lowest BCUT2D eigenvalue weighted by Crippen LogP contribution is -2.52. The molecule has 0 amide bonds. The molecule has 0 bridgehead atoms. The molecule has 150 valence electrons. The minimum Gasteiger partial charge on any atom is -0.370 e. The molecule has 0 spiro atoms. The zero-order valence-electron chi connectivity index (χ0n) is 15.2. The van der Waals surface area contributed by atoms with E-state index in [1.54, 1.807) is 4.31 Å². The van der Waals surface area contributed by atoms with Gasteiger partial charge in [-0.2, -0.15) is 0 Å². The molecule has 3 fully saturated rings. The van der Waals surface area contributed by atoms with Crippen LogP contribution in [0.5, 0.6) is 0 Å². The Morgan fingerprint density at radius 1 is 1.26 bits per heavy atom. The molecule has 0 radical (unpaired) electrons. The van der Waals surface area contributed by atoms with Crippen molar-refractivity contribution in [2.45, 2.75) is 37.1 Å². The highest BCUT2D eigenvalue weighted by molar-refractivity contribution is 7.88. The number of halogens is 2. The van der Waals surface area contributed by atoms with E-state index in [-0.39, 0.29) is 17.6 Å². The van der Waals surface area contributed by atoms with Gasteiger partial charge in [0.1, 0.15) is 17.7 Å². The Labute approximate surface area is 158 Å². The maximum Gasteiger partial charge on any atom is 0.211 e. The second-order valence-corrected chi connectivity index (χ2v) is 9.89. The lowest BCUT2D eigenvalue weighted by Gasteiger charge is -2.41. The molecular weight excluding hydrogens is 376 g/mol. The monoisotopic (exact) mass is 401 g/mol. The molecule has 6 nitrogen and oxygen atoms in total. The number of ether oxygens (including phenoxy) is 1. The van der Waals surface area contributed by atoms with Gasteiger partial charge in [0.25, 0.3) is 0 Å². The highest BCUT2D eigenvalue weighted by Crippen LogP contribution is 2.38. The molecule has 2 N–H and O–H groups in total. The summed E-state index contributed by atoms with van der Waals surface area (Å²) in [4.78, 5) is 2.30. The summed E-state index contributed by atoms with van der Waals surface area (Å²) in [5.41, 5.74) is 6.43. The maximum absolute atomic E-state index is 14.1. The van der Waals surface area contributed by atoms with Gasteiger partial charge >= 0.3 is 0 Å². The van der Waals surface area contributed by atoms with E-state index in [4.69, 9.17) is 10.5 Å². The molecule has 3 saturated heterocycles. The third-order valence-electron chi connectivity index (χ3n) is 6.16. The Kier molecular flexibility index (Phi) is 5.00. The van der Waals surface area contributed by atoms with Gasteiger partial charge in [0.05, 0.1) is 12.9 Å². The van der Waals surface area contributed by atoms with Gasteiger partial charge in [-0.3, -0.25) is 4.90 Å². The number of hydrogen-bond donors (Lipinski definition) is 1. The SMILES string of the molecule is CS(=O)(=O)N1CC2CCN(C3COC(c4cc(F)ccc4F)C(N)C3)C2C1. The van der Waals surface area contributed by atoms with Crippen molar-refractivity contribution >= 4 is 10.0 Å². The Balaban J connectivity index is 1.45. The molecule has 1 aromatic carbocycles. The third-order valence-corrected chi connectivity index (χ3v) is 7.40. The van der Waals surface area contributed by atoms with Crippen LogP contribution in [0.1, 0.15) is 24.5 Å². The Morgan fingerprint density at radius 3 is 2.74 bits per heavy atom. The molecule has 0 saturated carbocycles. The molecule has 3 aliphatic heterocycles. The second-order valence-electron chi connectivity index (χ2n) is 7.91. The third kappa shape index (κ3) is 3.63. The summed E-state index contributed by atoms with van der Waals surface area (Å²) in [7, 11) is -3.19.